The van der Waals surface area contributed by atoms with Crippen molar-refractivity contribution in [1.29, 1.82) is 0 Å². The minimum atomic E-state index is -0.248. The molecule has 8 unspecified atom stereocenters. The minimum absolute atomic E-state index is 0.140. The van der Waals surface area contributed by atoms with Gasteiger partial charge >= 0.3 is 0 Å². The molecule has 0 radical (unpaired) electrons. The monoisotopic (exact) mass is 426 g/mol. The number of aliphatic hydroxyl groups excluding tert-OH is 1. The lowest BCUT2D eigenvalue weighted by atomic mass is 9.46. The summed E-state index contributed by atoms with van der Waals surface area (Å²) in [5.74, 6) is 3.80. The maximum absolute atomic E-state index is 13.5. The lowest BCUT2D eigenvalue weighted by Gasteiger charge is -2.57. The molecule has 0 amide bonds. The third-order valence-electron chi connectivity index (χ3n) is 10.7. The molecule has 1 N–H and O–H groups in total. The first-order chi connectivity index (χ1) is 14.6. The fraction of sp³-hybridized carbons (Fsp3) is 0.828. The number of aliphatic hydroxyl groups is 1. The first-order valence-electron chi connectivity index (χ1n) is 13.2. The molecule has 0 spiro atoms. The maximum atomic E-state index is 13.5. The number of ketones is 1. The first-order valence-corrected chi connectivity index (χ1v) is 13.2. The van der Waals surface area contributed by atoms with Crippen LogP contribution in [0.5, 0.6) is 0 Å². The van der Waals surface area contributed by atoms with E-state index >= 15 is 0 Å². The summed E-state index contributed by atoms with van der Waals surface area (Å²) < 4.78 is 0. The number of hydrogen-bond acceptors (Lipinski definition) is 2. The van der Waals surface area contributed by atoms with Gasteiger partial charge in [-0.05, 0) is 111 Å². The van der Waals surface area contributed by atoms with Crippen molar-refractivity contribution in [2.45, 2.75) is 105 Å². The van der Waals surface area contributed by atoms with E-state index in [-0.39, 0.29) is 17.4 Å². The summed E-state index contributed by atoms with van der Waals surface area (Å²) in [6.45, 7) is 14.3. The average molecular weight is 427 g/mol. The Morgan fingerprint density at radius 1 is 1.13 bits per heavy atom. The number of hydrogen-bond donors (Lipinski definition) is 1. The number of rotatable bonds is 5. The van der Waals surface area contributed by atoms with Crippen LogP contribution in [0.25, 0.3) is 0 Å². The minimum Gasteiger partial charge on any atom is -0.393 e. The molecule has 0 bridgehead atoms. The molecule has 2 heteroatoms. The van der Waals surface area contributed by atoms with E-state index < -0.39 is 0 Å². The molecule has 4 rings (SSSR count). The molecule has 0 aliphatic heterocycles. The SMILES string of the molecule is CC=C(CCC(C)C1CCC2C3C(=O)C=C4CC(O)CCC4(C)C3CCC12C)C(C)C. The summed E-state index contributed by atoms with van der Waals surface area (Å²) in [5.41, 5.74) is 3.32. The Bertz CT molecular complexity index is 761. The Balaban J connectivity index is 1.54. The van der Waals surface area contributed by atoms with Crippen LogP contribution in [0.15, 0.2) is 23.3 Å². The fourth-order valence-electron chi connectivity index (χ4n) is 8.72. The molecular weight excluding hydrogens is 380 g/mol. The quantitative estimate of drug-likeness (QED) is 0.475. The summed E-state index contributed by atoms with van der Waals surface area (Å²) in [5, 5.41) is 10.2. The van der Waals surface area contributed by atoms with Crippen molar-refractivity contribution >= 4 is 5.78 Å². The lowest BCUT2D eigenvalue weighted by molar-refractivity contribution is -0.135. The van der Waals surface area contributed by atoms with Crippen LogP contribution in [0.2, 0.25) is 0 Å². The van der Waals surface area contributed by atoms with E-state index in [0.29, 0.717) is 29.0 Å². The maximum Gasteiger partial charge on any atom is 0.159 e. The molecular formula is C29H46O2. The zero-order valence-electron chi connectivity index (χ0n) is 20.9. The molecule has 0 aromatic heterocycles. The van der Waals surface area contributed by atoms with Crippen LogP contribution in [-0.4, -0.2) is 17.0 Å². The van der Waals surface area contributed by atoms with Crippen LogP contribution >= 0.6 is 0 Å². The molecule has 31 heavy (non-hydrogen) atoms. The van der Waals surface area contributed by atoms with Gasteiger partial charge < -0.3 is 5.11 Å². The summed E-state index contributed by atoms with van der Waals surface area (Å²) >= 11 is 0. The summed E-state index contributed by atoms with van der Waals surface area (Å²) in [6.07, 6.45) is 14.3. The molecule has 2 nitrogen and oxygen atoms in total. The van der Waals surface area contributed by atoms with Gasteiger partial charge in [0.25, 0.3) is 0 Å². The van der Waals surface area contributed by atoms with Crippen LogP contribution in [0.3, 0.4) is 0 Å². The normalized spacial score (nSPS) is 43.9. The number of carbonyl (C=O) groups excluding carboxylic acids is 1. The molecule has 0 aromatic carbocycles. The predicted octanol–water partition coefficient (Wildman–Crippen LogP) is 7.12. The molecule has 8 atom stereocenters. The van der Waals surface area contributed by atoms with Crippen LogP contribution in [0.4, 0.5) is 0 Å². The van der Waals surface area contributed by atoms with Gasteiger partial charge in [0.1, 0.15) is 0 Å². The van der Waals surface area contributed by atoms with Crippen molar-refractivity contribution in [3.63, 3.8) is 0 Å². The van der Waals surface area contributed by atoms with Gasteiger partial charge in [-0.25, -0.2) is 0 Å². The van der Waals surface area contributed by atoms with Crippen molar-refractivity contribution in [2.75, 3.05) is 0 Å². The predicted molar refractivity (Wildman–Crippen MR) is 129 cm³/mol. The van der Waals surface area contributed by atoms with Gasteiger partial charge in [0.15, 0.2) is 5.78 Å². The standard InChI is InChI=1S/C29H46O2/c1-7-20(18(2)3)9-8-19(4)23-10-11-24-27-25(13-15-29(23,24)6)28(5)14-12-22(30)16-21(28)17-26(27)31/h7,17-19,22-25,27,30H,8-16H2,1-6H3. The highest BCUT2D eigenvalue weighted by molar-refractivity contribution is 5.94. The van der Waals surface area contributed by atoms with E-state index in [1.165, 1.54) is 44.1 Å². The van der Waals surface area contributed by atoms with E-state index in [1.807, 2.05) is 6.08 Å². The number of fused-ring (bicyclic) bond motifs is 5. The van der Waals surface area contributed by atoms with Crippen LogP contribution in [0, 0.1) is 46.3 Å². The van der Waals surface area contributed by atoms with Crippen molar-refractivity contribution in [1.82, 2.24) is 0 Å². The molecule has 3 saturated carbocycles. The summed E-state index contributed by atoms with van der Waals surface area (Å²) in [4.78, 5) is 13.5. The summed E-state index contributed by atoms with van der Waals surface area (Å²) in [7, 11) is 0. The smallest absolute Gasteiger partial charge is 0.159 e. The molecule has 0 heterocycles. The second-order valence-corrected chi connectivity index (χ2v) is 12.4. The van der Waals surface area contributed by atoms with E-state index in [4.69, 9.17) is 0 Å². The Kier molecular flexibility index (Phi) is 6.36. The van der Waals surface area contributed by atoms with Gasteiger partial charge in [-0.2, -0.15) is 0 Å². The Hall–Kier alpha value is -0.890. The van der Waals surface area contributed by atoms with Gasteiger partial charge in [0, 0.05) is 5.92 Å². The van der Waals surface area contributed by atoms with Gasteiger partial charge in [-0.15, -0.1) is 0 Å². The lowest BCUT2D eigenvalue weighted by Crippen LogP contribution is -2.53. The molecule has 4 aliphatic carbocycles. The molecule has 174 valence electrons. The molecule has 3 fully saturated rings. The number of allylic oxidation sites excluding steroid dienone is 3. The first kappa shape index (κ1) is 23.3. The highest BCUT2D eigenvalue weighted by Gasteiger charge is 2.61. The largest absolute Gasteiger partial charge is 0.393 e. The number of carbonyl (C=O) groups is 1. The third-order valence-corrected chi connectivity index (χ3v) is 10.7. The average Bonchev–Trinajstić information content (AvgIpc) is 3.06. The van der Waals surface area contributed by atoms with Gasteiger partial charge in [-0.1, -0.05) is 51.8 Å². The molecule has 4 aliphatic rings. The fourth-order valence-corrected chi connectivity index (χ4v) is 8.72. The van der Waals surface area contributed by atoms with E-state index in [1.54, 1.807) is 5.57 Å². The van der Waals surface area contributed by atoms with Crippen LogP contribution < -0.4 is 0 Å². The molecule has 0 saturated heterocycles. The van der Waals surface area contributed by atoms with Crippen LogP contribution in [0.1, 0.15) is 99.3 Å². The zero-order valence-corrected chi connectivity index (χ0v) is 20.9. The Morgan fingerprint density at radius 3 is 2.55 bits per heavy atom. The van der Waals surface area contributed by atoms with E-state index in [0.717, 1.165) is 31.1 Å². The van der Waals surface area contributed by atoms with Crippen molar-refractivity contribution in [3.8, 4) is 0 Å². The topological polar surface area (TPSA) is 37.3 Å². The second kappa shape index (κ2) is 8.47. The van der Waals surface area contributed by atoms with E-state index in [2.05, 4.69) is 47.6 Å². The van der Waals surface area contributed by atoms with Gasteiger partial charge in [-0.3, -0.25) is 4.79 Å². The van der Waals surface area contributed by atoms with Crippen LogP contribution in [-0.2, 0) is 4.79 Å². The van der Waals surface area contributed by atoms with Crippen molar-refractivity contribution in [2.24, 2.45) is 46.3 Å². The Labute approximate surface area is 191 Å². The summed E-state index contributed by atoms with van der Waals surface area (Å²) in [6, 6.07) is 0. The van der Waals surface area contributed by atoms with Gasteiger partial charge in [0.2, 0.25) is 0 Å². The van der Waals surface area contributed by atoms with Gasteiger partial charge in [0.05, 0.1) is 6.10 Å². The zero-order chi connectivity index (χ0) is 22.6. The van der Waals surface area contributed by atoms with Crippen molar-refractivity contribution < 1.29 is 9.90 Å². The highest BCUT2D eigenvalue weighted by atomic mass is 16.3. The highest BCUT2D eigenvalue weighted by Crippen LogP contribution is 2.66. The third kappa shape index (κ3) is 3.79. The second-order valence-electron chi connectivity index (χ2n) is 12.4. The molecule has 0 aromatic rings. The van der Waals surface area contributed by atoms with E-state index in [9.17, 15) is 9.90 Å². The van der Waals surface area contributed by atoms with Crippen molar-refractivity contribution in [3.05, 3.63) is 23.3 Å². The Morgan fingerprint density at radius 2 is 1.87 bits per heavy atom.